The lowest BCUT2D eigenvalue weighted by molar-refractivity contribution is 0.00312. The number of aryl methyl sites for hydroxylation is 1. The van der Waals surface area contributed by atoms with E-state index in [1.54, 1.807) is 17.0 Å². The Balaban J connectivity index is 1.38. The first-order valence-corrected chi connectivity index (χ1v) is 10.7. The van der Waals surface area contributed by atoms with E-state index in [0.717, 1.165) is 15.6 Å². The molecule has 0 N–H and O–H groups in total. The third-order valence-corrected chi connectivity index (χ3v) is 6.75. The smallest absolute Gasteiger partial charge is 0.410 e. The fraction of sp³-hybridized carbons (Fsp3) is 0.348. The van der Waals surface area contributed by atoms with Gasteiger partial charge in [-0.15, -0.1) is 0 Å². The van der Waals surface area contributed by atoms with Gasteiger partial charge in [-0.2, -0.15) is 5.26 Å². The molecule has 0 atom stereocenters. The van der Waals surface area contributed by atoms with Gasteiger partial charge in [-0.3, -0.25) is 9.69 Å². The third kappa shape index (κ3) is 4.05. The summed E-state index contributed by atoms with van der Waals surface area (Å²) in [5.74, 6) is 0.0132. The van der Waals surface area contributed by atoms with Gasteiger partial charge in [0.05, 0.1) is 18.2 Å². The predicted molar refractivity (Wildman–Crippen MR) is 115 cm³/mol. The van der Waals surface area contributed by atoms with Gasteiger partial charge in [0.2, 0.25) is 0 Å². The summed E-state index contributed by atoms with van der Waals surface area (Å²) in [7, 11) is 0. The number of carbonyl (C=O) groups is 2. The lowest BCUT2D eigenvalue weighted by Crippen LogP contribution is -2.48. The van der Waals surface area contributed by atoms with Gasteiger partial charge in [0.1, 0.15) is 5.60 Å². The fourth-order valence-electron chi connectivity index (χ4n) is 4.06. The number of hydrogen-bond acceptors (Lipinski definition) is 4. The molecule has 2 heterocycles. The first kappa shape index (κ1) is 20.4. The molecular formula is C23H22BrN3O3. The lowest BCUT2D eigenvalue weighted by atomic mass is 9.91. The van der Waals surface area contributed by atoms with Gasteiger partial charge in [-0.1, -0.05) is 28.1 Å². The van der Waals surface area contributed by atoms with E-state index in [9.17, 15) is 9.59 Å². The molecule has 0 saturated carbocycles. The highest BCUT2D eigenvalue weighted by Gasteiger charge is 2.47. The maximum Gasteiger partial charge on any atom is 0.410 e. The number of likely N-dealkylation sites (tertiary alicyclic amines) is 1. The molecule has 2 fully saturated rings. The molecule has 0 unspecified atom stereocenters. The molecule has 2 saturated heterocycles. The van der Waals surface area contributed by atoms with Crippen LogP contribution in [-0.4, -0.2) is 47.0 Å². The van der Waals surface area contributed by atoms with Crippen molar-refractivity contribution in [1.82, 2.24) is 9.80 Å². The van der Waals surface area contributed by atoms with Gasteiger partial charge in [0.15, 0.2) is 0 Å². The van der Waals surface area contributed by atoms with Crippen molar-refractivity contribution in [1.29, 1.82) is 5.26 Å². The van der Waals surface area contributed by atoms with Crippen LogP contribution in [0.2, 0.25) is 0 Å². The quantitative estimate of drug-likeness (QED) is 0.675. The molecule has 0 bridgehead atoms. The van der Waals surface area contributed by atoms with Crippen molar-refractivity contribution in [3.8, 4) is 6.07 Å². The van der Waals surface area contributed by atoms with E-state index in [0.29, 0.717) is 50.1 Å². The van der Waals surface area contributed by atoms with E-state index >= 15 is 0 Å². The standard InChI is InChI=1S/C23H22BrN3O3/c1-16-12-19(6-7-20(16)24)21(28)26-10-8-23(9-11-26)15-27(22(29)30-23)14-18-4-2-17(13-25)3-5-18/h2-7,12H,8-11,14-15H2,1H3. The second-order valence-corrected chi connectivity index (χ2v) is 8.83. The third-order valence-electron chi connectivity index (χ3n) is 5.86. The minimum Gasteiger partial charge on any atom is -0.441 e. The lowest BCUT2D eigenvalue weighted by Gasteiger charge is -2.37. The van der Waals surface area contributed by atoms with Gasteiger partial charge < -0.3 is 9.64 Å². The molecule has 0 aliphatic carbocycles. The molecule has 154 valence electrons. The van der Waals surface area contributed by atoms with Crippen molar-refractivity contribution in [2.45, 2.75) is 31.9 Å². The molecule has 7 heteroatoms. The number of piperidine rings is 1. The van der Waals surface area contributed by atoms with Crippen molar-refractivity contribution in [2.75, 3.05) is 19.6 Å². The minimum atomic E-state index is -0.532. The summed E-state index contributed by atoms with van der Waals surface area (Å²) in [5, 5.41) is 8.92. The number of halogens is 1. The van der Waals surface area contributed by atoms with Gasteiger partial charge in [-0.25, -0.2) is 4.79 Å². The number of rotatable bonds is 3. The van der Waals surface area contributed by atoms with Crippen LogP contribution in [0.5, 0.6) is 0 Å². The summed E-state index contributed by atoms with van der Waals surface area (Å²) < 4.78 is 6.76. The highest BCUT2D eigenvalue weighted by Crippen LogP contribution is 2.34. The SMILES string of the molecule is Cc1cc(C(=O)N2CCC3(CC2)CN(Cc2ccc(C#N)cc2)C(=O)O3)ccc1Br. The van der Waals surface area contributed by atoms with Crippen molar-refractivity contribution >= 4 is 27.9 Å². The topological polar surface area (TPSA) is 73.6 Å². The molecule has 2 aromatic carbocycles. The summed E-state index contributed by atoms with van der Waals surface area (Å²) in [6, 6.07) is 14.9. The Morgan fingerprint density at radius 3 is 2.53 bits per heavy atom. The Bertz CT molecular complexity index is 1020. The Morgan fingerprint density at radius 1 is 1.20 bits per heavy atom. The Hall–Kier alpha value is -2.85. The second kappa shape index (κ2) is 8.11. The van der Waals surface area contributed by atoms with Crippen LogP contribution in [-0.2, 0) is 11.3 Å². The Labute approximate surface area is 184 Å². The highest BCUT2D eigenvalue weighted by molar-refractivity contribution is 9.10. The molecule has 1 spiro atoms. The molecule has 4 rings (SSSR count). The molecular weight excluding hydrogens is 446 g/mol. The summed E-state index contributed by atoms with van der Waals surface area (Å²) in [4.78, 5) is 28.8. The number of ether oxygens (including phenoxy) is 1. The van der Waals surface area contributed by atoms with Crippen LogP contribution in [0.25, 0.3) is 0 Å². The zero-order valence-electron chi connectivity index (χ0n) is 16.7. The van der Waals surface area contributed by atoms with Crippen LogP contribution in [0.3, 0.4) is 0 Å². The monoisotopic (exact) mass is 467 g/mol. The molecule has 0 radical (unpaired) electrons. The predicted octanol–water partition coefficient (Wildman–Crippen LogP) is 4.26. The van der Waals surface area contributed by atoms with Crippen molar-refractivity contribution < 1.29 is 14.3 Å². The average molecular weight is 468 g/mol. The first-order chi connectivity index (χ1) is 14.4. The molecule has 2 aliphatic heterocycles. The molecule has 0 aromatic heterocycles. The van der Waals surface area contributed by atoms with E-state index in [2.05, 4.69) is 22.0 Å². The number of nitriles is 1. The average Bonchev–Trinajstić information content (AvgIpc) is 3.05. The van der Waals surface area contributed by atoms with Crippen LogP contribution in [0, 0.1) is 18.3 Å². The summed E-state index contributed by atoms with van der Waals surface area (Å²) in [6.45, 7) is 4.06. The van der Waals surface area contributed by atoms with E-state index in [1.807, 2.05) is 42.2 Å². The van der Waals surface area contributed by atoms with Crippen molar-refractivity contribution in [2.24, 2.45) is 0 Å². The van der Waals surface area contributed by atoms with Gasteiger partial charge >= 0.3 is 6.09 Å². The van der Waals surface area contributed by atoms with E-state index in [-0.39, 0.29) is 12.0 Å². The second-order valence-electron chi connectivity index (χ2n) is 7.97. The number of amides is 2. The van der Waals surface area contributed by atoms with Crippen LogP contribution < -0.4 is 0 Å². The Morgan fingerprint density at radius 2 is 1.90 bits per heavy atom. The zero-order valence-corrected chi connectivity index (χ0v) is 18.3. The first-order valence-electron chi connectivity index (χ1n) is 9.91. The largest absolute Gasteiger partial charge is 0.441 e. The number of hydrogen-bond donors (Lipinski definition) is 0. The van der Waals surface area contributed by atoms with E-state index < -0.39 is 5.60 Å². The molecule has 2 aromatic rings. The number of benzene rings is 2. The maximum absolute atomic E-state index is 12.9. The van der Waals surface area contributed by atoms with Crippen LogP contribution in [0.15, 0.2) is 46.9 Å². The Kier molecular flexibility index (Phi) is 5.52. The summed E-state index contributed by atoms with van der Waals surface area (Å²) in [5.41, 5.74) is 2.73. The fourth-order valence-corrected chi connectivity index (χ4v) is 4.30. The van der Waals surface area contributed by atoms with Gasteiger partial charge in [-0.05, 0) is 48.4 Å². The highest BCUT2D eigenvalue weighted by atomic mass is 79.9. The zero-order chi connectivity index (χ0) is 21.3. The van der Waals surface area contributed by atoms with Crippen LogP contribution >= 0.6 is 15.9 Å². The molecule has 2 amide bonds. The molecule has 30 heavy (non-hydrogen) atoms. The van der Waals surface area contributed by atoms with Gasteiger partial charge in [0.25, 0.3) is 5.91 Å². The number of carbonyl (C=O) groups excluding carboxylic acids is 2. The van der Waals surface area contributed by atoms with E-state index in [4.69, 9.17) is 10.00 Å². The molecule has 2 aliphatic rings. The molecule has 6 nitrogen and oxygen atoms in total. The van der Waals surface area contributed by atoms with Crippen molar-refractivity contribution in [3.63, 3.8) is 0 Å². The normalized spacial score (nSPS) is 17.7. The van der Waals surface area contributed by atoms with Gasteiger partial charge in [0, 0.05) is 42.5 Å². The summed E-state index contributed by atoms with van der Waals surface area (Å²) in [6.07, 6.45) is 0.941. The minimum absolute atomic E-state index is 0.0132. The summed E-state index contributed by atoms with van der Waals surface area (Å²) >= 11 is 3.46. The van der Waals surface area contributed by atoms with Crippen LogP contribution in [0.4, 0.5) is 4.79 Å². The number of nitrogens with zero attached hydrogens (tertiary/aromatic N) is 3. The maximum atomic E-state index is 12.9. The van der Waals surface area contributed by atoms with E-state index in [1.165, 1.54) is 0 Å². The van der Waals surface area contributed by atoms with Crippen LogP contribution in [0.1, 0.15) is 39.9 Å². The van der Waals surface area contributed by atoms with Crippen molar-refractivity contribution in [3.05, 3.63) is 69.2 Å².